The molecule has 17 heavy (non-hydrogen) atoms. The average Bonchev–Trinajstić information content (AvgIpc) is 2.65. The van der Waals surface area contributed by atoms with E-state index in [1.165, 1.54) is 11.3 Å². The lowest BCUT2D eigenvalue weighted by Gasteiger charge is -2.05. The van der Waals surface area contributed by atoms with E-state index in [-0.39, 0.29) is 11.2 Å². The lowest BCUT2D eigenvalue weighted by molar-refractivity contribution is 0.594. The van der Waals surface area contributed by atoms with Crippen LogP contribution in [0.3, 0.4) is 0 Å². The van der Waals surface area contributed by atoms with Gasteiger partial charge >= 0.3 is 5.69 Å². The molecule has 2 heterocycles. The summed E-state index contributed by atoms with van der Waals surface area (Å²) in [4.78, 5) is 27.6. The number of aromatic nitrogens is 2. The minimum Gasteiger partial charge on any atom is -0.285 e. The van der Waals surface area contributed by atoms with Crippen molar-refractivity contribution in [2.45, 2.75) is 39.7 Å². The number of aryl methyl sites for hydroxylation is 2. The summed E-state index contributed by atoms with van der Waals surface area (Å²) in [6, 6.07) is 1.84. The van der Waals surface area contributed by atoms with Gasteiger partial charge in [0.1, 0.15) is 4.83 Å². The number of nitrogens with one attached hydrogen (secondary N) is 1. The number of hydrogen-bond donors (Lipinski definition) is 1. The topological polar surface area (TPSA) is 54.9 Å². The number of fused-ring (bicyclic) bond motifs is 1. The summed E-state index contributed by atoms with van der Waals surface area (Å²) in [5.74, 6) is 0. The van der Waals surface area contributed by atoms with E-state index < -0.39 is 0 Å². The number of H-pyrrole nitrogens is 1. The van der Waals surface area contributed by atoms with Crippen LogP contribution in [0.15, 0.2) is 15.7 Å². The number of thiophene rings is 1. The van der Waals surface area contributed by atoms with Gasteiger partial charge in [0, 0.05) is 11.4 Å². The standard InChI is InChI=1S/C12H16N2O2S/c1-3-4-5-6-14-11-9(7-8(2)17-11)10(15)13-12(14)16/h7H,3-6H2,1-2H3,(H,13,15,16). The Hall–Kier alpha value is -1.36. The highest BCUT2D eigenvalue weighted by molar-refractivity contribution is 7.18. The number of rotatable bonds is 4. The van der Waals surface area contributed by atoms with E-state index >= 15 is 0 Å². The van der Waals surface area contributed by atoms with E-state index in [1.54, 1.807) is 4.57 Å². The van der Waals surface area contributed by atoms with Crippen molar-refractivity contribution in [3.63, 3.8) is 0 Å². The van der Waals surface area contributed by atoms with Crippen LogP contribution in [-0.2, 0) is 6.54 Å². The normalized spacial score (nSPS) is 11.2. The van der Waals surface area contributed by atoms with Gasteiger partial charge in [0.05, 0.1) is 5.39 Å². The van der Waals surface area contributed by atoms with Gasteiger partial charge in [0.15, 0.2) is 0 Å². The van der Waals surface area contributed by atoms with Crippen molar-refractivity contribution in [3.05, 3.63) is 31.8 Å². The molecule has 0 aliphatic rings. The molecule has 1 N–H and O–H groups in total. The molecule has 0 unspecified atom stereocenters. The van der Waals surface area contributed by atoms with Gasteiger partial charge in [-0.1, -0.05) is 19.8 Å². The Morgan fingerprint density at radius 2 is 2.12 bits per heavy atom. The van der Waals surface area contributed by atoms with Crippen LogP contribution in [-0.4, -0.2) is 9.55 Å². The third kappa shape index (κ3) is 2.34. The quantitative estimate of drug-likeness (QED) is 0.848. The Morgan fingerprint density at radius 3 is 2.82 bits per heavy atom. The molecule has 4 nitrogen and oxygen atoms in total. The second kappa shape index (κ2) is 4.87. The molecule has 0 atom stereocenters. The van der Waals surface area contributed by atoms with Crippen LogP contribution in [0.2, 0.25) is 0 Å². The van der Waals surface area contributed by atoms with E-state index in [9.17, 15) is 9.59 Å². The van der Waals surface area contributed by atoms with E-state index in [1.807, 2.05) is 13.0 Å². The largest absolute Gasteiger partial charge is 0.329 e. The first-order chi connectivity index (χ1) is 8.13. The predicted molar refractivity (Wildman–Crippen MR) is 71.0 cm³/mol. The molecule has 92 valence electrons. The first-order valence-electron chi connectivity index (χ1n) is 5.86. The summed E-state index contributed by atoms with van der Waals surface area (Å²) in [7, 11) is 0. The van der Waals surface area contributed by atoms with Crippen LogP contribution < -0.4 is 11.2 Å². The zero-order valence-corrected chi connectivity index (χ0v) is 10.9. The summed E-state index contributed by atoms with van der Waals surface area (Å²) >= 11 is 1.51. The molecule has 0 aliphatic carbocycles. The summed E-state index contributed by atoms with van der Waals surface area (Å²) in [5.41, 5.74) is -0.568. The fourth-order valence-electron chi connectivity index (χ4n) is 1.91. The molecular formula is C12H16N2O2S. The molecule has 2 rings (SSSR count). The van der Waals surface area contributed by atoms with Crippen LogP contribution in [0, 0.1) is 6.92 Å². The van der Waals surface area contributed by atoms with Gasteiger partial charge in [-0.15, -0.1) is 11.3 Å². The molecule has 0 radical (unpaired) electrons. The summed E-state index contributed by atoms with van der Waals surface area (Å²) < 4.78 is 1.68. The third-order valence-electron chi connectivity index (χ3n) is 2.78. The van der Waals surface area contributed by atoms with Crippen molar-refractivity contribution in [1.82, 2.24) is 9.55 Å². The van der Waals surface area contributed by atoms with Crippen LogP contribution in [0.5, 0.6) is 0 Å². The fraction of sp³-hybridized carbons (Fsp3) is 0.500. The highest BCUT2D eigenvalue weighted by Gasteiger charge is 2.09. The highest BCUT2D eigenvalue weighted by Crippen LogP contribution is 2.20. The predicted octanol–water partition coefficient (Wildman–Crippen LogP) is 2.25. The molecular weight excluding hydrogens is 236 g/mol. The molecule has 0 amide bonds. The van der Waals surface area contributed by atoms with Gasteiger partial charge in [0.2, 0.25) is 0 Å². The monoisotopic (exact) mass is 252 g/mol. The van der Waals surface area contributed by atoms with E-state index in [0.29, 0.717) is 11.9 Å². The minimum absolute atomic E-state index is 0.277. The molecule has 0 saturated carbocycles. The fourth-order valence-corrected chi connectivity index (χ4v) is 2.94. The maximum atomic E-state index is 11.8. The van der Waals surface area contributed by atoms with E-state index in [2.05, 4.69) is 11.9 Å². The molecule has 2 aromatic rings. The molecule has 0 bridgehead atoms. The zero-order chi connectivity index (χ0) is 12.4. The van der Waals surface area contributed by atoms with Crippen molar-refractivity contribution in [2.75, 3.05) is 0 Å². The van der Waals surface area contributed by atoms with Crippen LogP contribution in [0.4, 0.5) is 0 Å². The third-order valence-corrected chi connectivity index (χ3v) is 3.85. The van der Waals surface area contributed by atoms with Gasteiger partial charge in [-0.2, -0.15) is 0 Å². The number of aromatic amines is 1. The maximum Gasteiger partial charge on any atom is 0.329 e. The molecule has 0 spiro atoms. The summed E-state index contributed by atoms with van der Waals surface area (Å²) in [6.07, 6.45) is 3.18. The lowest BCUT2D eigenvalue weighted by atomic mass is 10.2. The van der Waals surface area contributed by atoms with Crippen molar-refractivity contribution in [1.29, 1.82) is 0 Å². The summed E-state index contributed by atoms with van der Waals surface area (Å²) in [5, 5.41) is 0.628. The van der Waals surface area contributed by atoms with Crippen molar-refractivity contribution in [2.24, 2.45) is 0 Å². The van der Waals surface area contributed by atoms with Crippen molar-refractivity contribution < 1.29 is 0 Å². The van der Waals surface area contributed by atoms with Gasteiger partial charge in [-0.25, -0.2) is 4.79 Å². The van der Waals surface area contributed by atoms with E-state index in [0.717, 1.165) is 29.0 Å². The number of nitrogens with zero attached hydrogens (tertiary/aromatic N) is 1. The molecule has 0 aromatic carbocycles. The zero-order valence-electron chi connectivity index (χ0n) is 10.1. The Kier molecular flexibility index (Phi) is 3.47. The molecule has 0 aliphatic heterocycles. The average molecular weight is 252 g/mol. The second-order valence-corrected chi connectivity index (χ2v) is 5.43. The molecule has 0 fully saturated rings. The number of hydrogen-bond acceptors (Lipinski definition) is 3. The van der Waals surface area contributed by atoms with Crippen LogP contribution in [0.25, 0.3) is 10.2 Å². The van der Waals surface area contributed by atoms with Gasteiger partial charge in [-0.05, 0) is 19.4 Å². The van der Waals surface area contributed by atoms with Crippen LogP contribution in [0.1, 0.15) is 31.1 Å². The Labute approximate surface area is 103 Å². The maximum absolute atomic E-state index is 11.8. The Balaban J connectivity index is 2.53. The van der Waals surface area contributed by atoms with Gasteiger partial charge in [-0.3, -0.25) is 14.3 Å². The SMILES string of the molecule is CCCCCn1c(=O)[nH]c(=O)c2cc(C)sc21. The van der Waals surface area contributed by atoms with Gasteiger partial charge < -0.3 is 0 Å². The number of unbranched alkanes of at least 4 members (excludes halogenated alkanes) is 2. The Morgan fingerprint density at radius 1 is 1.35 bits per heavy atom. The Bertz CT molecular complexity index is 636. The van der Waals surface area contributed by atoms with Crippen molar-refractivity contribution >= 4 is 21.6 Å². The smallest absolute Gasteiger partial charge is 0.285 e. The van der Waals surface area contributed by atoms with E-state index in [4.69, 9.17) is 0 Å². The lowest BCUT2D eigenvalue weighted by Crippen LogP contribution is -2.29. The van der Waals surface area contributed by atoms with Crippen LogP contribution >= 0.6 is 11.3 Å². The first kappa shape index (κ1) is 12.1. The van der Waals surface area contributed by atoms with Crippen molar-refractivity contribution in [3.8, 4) is 0 Å². The molecule has 0 saturated heterocycles. The van der Waals surface area contributed by atoms with Gasteiger partial charge in [0.25, 0.3) is 5.56 Å². The first-order valence-corrected chi connectivity index (χ1v) is 6.68. The highest BCUT2D eigenvalue weighted by atomic mass is 32.1. The minimum atomic E-state index is -0.291. The second-order valence-electron chi connectivity index (χ2n) is 4.19. The molecule has 2 aromatic heterocycles. The summed E-state index contributed by atoms with van der Waals surface area (Å²) in [6.45, 7) is 4.76. The molecule has 5 heteroatoms.